The van der Waals surface area contributed by atoms with Gasteiger partial charge in [0.1, 0.15) is 5.82 Å². The predicted octanol–water partition coefficient (Wildman–Crippen LogP) is 5.25. The molecule has 2 aromatic carbocycles. The summed E-state index contributed by atoms with van der Waals surface area (Å²) in [5.41, 5.74) is 1.85. The van der Waals surface area contributed by atoms with E-state index in [1.54, 1.807) is 35.4 Å². The van der Waals surface area contributed by atoms with Crippen molar-refractivity contribution >= 4 is 17.4 Å². The van der Waals surface area contributed by atoms with E-state index in [1.807, 2.05) is 48.7 Å². The highest BCUT2D eigenvalue weighted by Crippen LogP contribution is 2.28. The minimum atomic E-state index is -0.291. The van der Waals surface area contributed by atoms with Crippen LogP contribution >= 0.6 is 11.3 Å². The summed E-state index contributed by atoms with van der Waals surface area (Å²) >= 11 is 1.69. The quantitative estimate of drug-likeness (QED) is 0.620. The molecule has 2 amide bonds. The van der Waals surface area contributed by atoms with E-state index in [1.165, 1.54) is 17.0 Å². The molecule has 0 fully saturated rings. The van der Waals surface area contributed by atoms with Crippen LogP contribution in [-0.4, -0.2) is 24.0 Å². The fourth-order valence-electron chi connectivity index (χ4n) is 3.13. The van der Waals surface area contributed by atoms with Gasteiger partial charge < -0.3 is 10.2 Å². The molecule has 140 valence electrons. The molecule has 0 aliphatic heterocycles. The summed E-state index contributed by atoms with van der Waals surface area (Å²) < 4.78 is 13.4. The van der Waals surface area contributed by atoms with Gasteiger partial charge in [0.2, 0.25) is 0 Å². The smallest absolute Gasteiger partial charge is 0.318 e. The molecule has 0 saturated heterocycles. The monoisotopic (exact) mass is 382 g/mol. The Labute approximate surface area is 163 Å². The van der Waals surface area contributed by atoms with Crippen molar-refractivity contribution in [3.63, 3.8) is 0 Å². The van der Waals surface area contributed by atoms with Crippen molar-refractivity contribution in [2.75, 3.05) is 7.05 Å². The molecule has 0 radical (unpaired) electrons. The number of nitrogens with zero attached hydrogens (tertiary/aromatic N) is 1. The average molecular weight is 383 g/mol. The van der Waals surface area contributed by atoms with E-state index in [0.717, 1.165) is 17.5 Å². The van der Waals surface area contributed by atoms with Gasteiger partial charge in [0, 0.05) is 24.4 Å². The molecule has 0 bridgehead atoms. The minimum Gasteiger partial charge on any atom is -0.335 e. The molecule has 1 N–H and O–H groups in total. The predicted molar refractivity (Wildman–Crippen MR) is 108 cm³/mol. The Morgan fingerprint density at radius 1 is 1.04 bits per heavy atom. The van der Waals surface area contributed by atoms with Gasteiger partial charge in [0.25, 0.3) is 0 Å². The maximum absolute atomic E-state index is 13.4. The van der Waals surface area contributed by atoms with Crippen LogP contribution in [0, 0.1) is 5.82 Å². The third-order valence-electron chi connectivity index (χ3n) is 4.47. The lowest BCUT2D eigenvalue weighted by Crippen LogP contribution is -2.44. The number of benzene rings is 2. The van der Waals surface area contributed by atoms with E-state index in [0.29, 0.717) is 0 Å². The van der Waals surface area contributed by atoms with Crippen molar-refractivity contribution in [1.82, 2.24) is 10.2 Å². The number of carbonyl (C=O) groups is 1. The van der Waals surface area contributed by atoms with E-state index in [-0.39, 0.29) is 23.9 Å². The first-order valence-corrected chi connectivity index (χ1v) is 9.78. The fourth-order valence-corrected chi connectivity index (χ4v) is 3.97. The Morgan fingerprint density at radius 2 is 1.70 bits per heavy atom. The van der Waals surface area contributed by atoms with Crippen LogP contribution in [0.15, 0.2) is 72.1 Å². The maximum atomic E-state index is 13.4. The lowest BCUT2D eigenvalue weighted by molar-refractivity contribution is 0.195. The zero-order chi connectivity index (χ0) is 19.2. The zero-order valence-corrected chi connectivity index (χ0v) is 16.2. The first-order valence-electron chi connectivity index (χ1n) is 8.90. The van der Waals surface area contributed by atoms with Crippen LogP contribution in [0.5, 0.6) is 0 Å². The Hall–Kier alpha value is -2.66. The number of halogens is 1. The number of hydrogen-bond acceptors (Lipinski definition) is 2. The minimum absolute atomic E-state index is 0.0169. The van der Waals surface area contributed by atoms with Gasteiger partial charge in [0.15, 0.2) is 0 Å². The highest BCUT2D eigenvalue weighted by atomic mass is 32.1. The molecule has 0 aliphatic rings. The van der Waals surface area contributed by atoms with Crippen LogP contribution in [0.25, 0.3) is 0 Å². The fraction of sp³-hybridized carbons (Fsp3) is 0.227. The Balaban J connectivity index is 1.78. The number of rotatable bonds is 6. The molecular weight excluding hydrogens is 359 g/mol. The molecule has 2 unspecified atom stereocenters. The third-order valence-corrected chi connectivity index (χ3v) is 5.36. The molecule has 1 heterocycles. The number of amides is 2. The van der Waals surface area contributed by atoms with E-state index in [4.69, 9.17) is 0 Å². The molecular formula is C22H23FN2OS. The highest BCUT2D eigenvalue weighted by molar-refractivity contribution is 7.09. The molecule has 3 aromatic rings. The van der Waals surface area contributed by atoms with Crippen LogP contribution < -0.4 is 5.32 Å². The number of carbonyl (C=O) groups excluding carboxylic acids is 1. The molecule has 0 aliphatic carbocycles. The van der Waals surface area contributed by atoms with Gasteiger partial charge in [-0.25, -0.2) is 9.18 Å². The second kappa shape index (κ2) is 8.82. The summed E-state index contributed by atoms with van der Waals surface area (Å²) in [6.07, 6.45) is 0.795. The van der Waals surface area contributed by atoms with E-state index >= 15 is 0 Å². The molecule has 3 nitrogen and oxygen atoms in total. The van der Waals surface area contributed by atoms with Crippen LogP contribution in [0.2, 0.25) is 0 Å². The standard InChI is InChI=1S/C22H23FN2OS/c1-16(15-20-9-6-14-27-20)24-22(26)25(2)21(17-7-4-3-5-8-17)18-10-12-19(23)13-11-18/h3-14,16,21H,15H2,1-2H3,(H,24,26). The van der Waals surface area contributed by atoms with Crippen molar-refractivity contribution in [2.24, 2.45) is 0 Å². The molecule has 1 aromatic heterocycles. The van der Waals surface area contributed by atoms with Crippen molar-refractivity contribution in [1.29, 1.82) is 0 Å². The van der Waals surface area contributed by atoms with Crippen LogP contribution in [0.4, 0.5) is 9.18 Å². The summed E-state index contributed by atoms with van der Waals surface area (Å²) in [6.45, 7) is 2.00. The van der Waals surface area contributed by atoms with Crippen LogP contribution in [0.3, 0.4) is 0 Å². The summed E-state index contributed by atoms with van der Waals surface area (Å²) in [5, 5.41) is 5.11. The second-order valence-electron chi connectivity index (χ2n) is 6.61. The van der Waals surface area contributed by atoms with Gasteiger partial charge in [-0.05, 0) is 41.6 Å². The first-order chi connectivity index (χ1) is 13.0. The first kappa shape index (κ1) is 19.1. The van der Waals surface area contributed by atoms with Gasteiger partial charge in [-0.3, -0.25) is 0 Å². The second-order valence-corrected chi connectivity index (χ2v) is 7.64. The van der Waals surface area contributed by atoms with E-state index in [9.17, 15) is 9.18 Å². The SMILES string of the molecule is CC(Cc1cccs1)NC(=O)N(C)C(c1ccccc1)c1ccc(F)cc1. The number of nitrogens with one attached hydrogen (secondary N) is 1. The summed E-state index contributed by atoms with van der Waals surface area (Å²) in [5.74, 6) is -0.290. The largest absolute Gasteiger partial charge is 0.335 e. The molecule has 3 rings (SSSR count). The number of urea groups is 1. The summed E-state index contributed by atoms with van der Waals surface area (Å²) in [6, 6.07) is 19.7. The molecule has 2 atom stereocenters. The van der Waals surface area contributed by atoms with Gasteiger partial charge in [0.05, 0.1) is 6.04 Å². The number of thiophene rings is 1. The molecule has 5 heteroatoms. The Morgan fingerprint density at radius 3 is 2.33 bits per heavy atom. The van der Waals surface area contributed by atoms with E-state index in [2.05, 4.69) is 11.4 Å². The normalized spacial score (nSPS) is 13.0. The van der Waals surface area contributed by atoms with E-state index < -0.39 is 0 Å². The van der Waals surface area contributed by atoms with Gasteiger partial charge in [-0.1, -0.05) is 48.5 Å². The van der Waals surface area contributed by atoms with Gasteiger partial charge in [-0.2, -0.15) is 0 Å². The third kappa shape index (κ3) is 4.95. The van der Waals surface area contributed by atoms with Crippen molar-refractivity contribution < 1.29 is 9.18 Å². The lowest BCUT2D eigenvalue weighted by atomic mass is 9.97. The highest BCUT2D eigenvalue weighted by Gasteiger charge is 2.24. The van der Waals surface area contributed by atoms with Gasteiger partial charge in [-0.15, -0.1) is 11.3 Å². The maximum Gasteiger partial charge on any atom is 0.318 e. The van der Waals surface area contributed by atoms with Gasteiger partial charge >= 0.3 is 6.03 Å². The van der Waals surface area contributed by atoms with Crippen molar-refractivity contribution in [2.45, 2.75) is 25.4 Å². The van der Waals surface area contributed by atoms with Crippen molar-refractivity contribution in [3.8, 4) is 0 Å². The average Bonchev–Trinajstić information content (AvgIpc) is 3.17. The molecule has 0 saturated carbocycles. The van der Waals surface area contributed by atoms with Crippen molar-refractivity contribution in [3.05, 3.63) is 93.9 Å². The lowest BCUT2D eigenvalue weighted by Gasteiger charge is -2.30. The molecule has 0 spiro atoms. The number of hydrogen-bond donors (Lipinski definition) is 1. The summed E-state index contributed by atoms with van der Waals surface area (Å²) in [4.78, 5) is 15.8. The Kier molecular flexibility index (Phi) is 6.24. The van der Waals surface area contributed by atoms with Crippen LogP contribution in [0.1, 0.15) is 29.0 Å². The van der Waals surface area contributed by atoms with Crippen LogP contribution in [-0.2, 0) is 6.42 Å². The Bertz CT molecular complexity index is 850. The topological polar surface area (TPSA) is 32.3 Å². The molecule has 27 heavy (non-hydrogen) atoms. The summed E-state index contributed by atoms with van der Waals surface area (Å²) in [7, 11) is 1.77. The zero-order valence-electron chi connectivity index (χ0n) is 15.4.